The van der Waals surface area contributed by atoms with Gasteiger partial charge in [0.1, 0.15) is 23.2 Å². The van der Waals surface area contributed by atoms with Crippen LogP contribution < -0.4 is 10.6 Å². The number of hydrogen-bond acceptors (Lipinski definition) is 8. The summed E-state index contributed by atoms with van der Waals surface area (Å²) < 4.78 is 13.5. The monoisotopic (exact) mass is 429 g/mol. The van der Waals surface area contributed by atoms with Gasteiger partial charge in [-0.15, -0.1) is 0 Å². The number of aliphatic hydroxyl groups excluding tert-OH is 1. The van der Waals surface area contributed by atoms with Crippen LogP contribution in [0.15, 0.2) is 30.7 Å². The van der Waals surface area contributed by atoms with Crippen LogP contribution in [0.4, 0.5) is 21.8 Å². The summed E-state index contributed by atoms with van der Waals surface area (Å²) in [5, 5.41) is 16.9. The van der Waals surface area contributed by atoms with Gasteiger partial charge in [0.25, 0.3) is 0 Å². The first-order chi connectivity index (χ1) is 14.4. The Morgan fingerprint density at radius 1 is 1.30 bits per heavy atom. The van der Waals surface area contributed by atoms with E-state index in [-0.39, 0.29) is 16.8 Å². The molecule has 2 aromatic heterocycles. The van der Waals surface area contributed by atoms with Gasteiger partial charge in [0.2, 0.25) is 5.95 Å². The van der Waals surface area contributed by atoms with Crippen molar-refractivity contribution < 1.29 is 9.50 Å². The number of anilines is 3. The Hall–Kier alpha value is -2.62. The molecule has 2 bridgehead atoms. The van der Waals surface area contributed by atoms with E-state index < -0.39 is 5.82 Å². The van der Waals surface area contributed by atoms with Crippen LogP contribution >= 0.6 is 11.6 Å². The van der Waals surface area contributed by atoms with Gasteiger partial charge in [0.15, 0.2) is 5.82 Å². The smallest absolute Gasteiger partial charge is 0.224 e. The van der Waals surface area contributed by atoms with Crippen LogP contribution in [0.5, 0.6) is 0 Å². The Morgan fingerprint density at radius 2 is 2.17 bits per heavy atom. The molecule has 0 amide bonds. The average molecular weight is 430 g/mol. The second-order valence-electron chi connectivity index (χ2n) is 7.96. The van der Waals surface area contributed by atoms with Crippen LogP contribution in [0, 0.1) is 5.82 Å². The van der Waals surface area contributed by atoms with Crippen LogP contribution in [-0.2, 0) is 0 Å². The zero-order valence-corrected chi connectivity index (χ0v) is 17.1. The molecule has 1 aromatic carbocycles. The maximum atomic E-state index is 13.5. The van der Waals surface area contributed by atoms with E-state index in [1.807, 2.05) is 0 Å². The van der Waals surface area contributed by atoms with Gasteiger partial charge >= 0.3 is 0 Å². The molecule has 3 aromatic rings. The summed E-state index contributed by atoms with van der Waals surface area (Å²) in [7, 11) is 2.08. The molecule has 5 rings (SSSR count). The zero-order valence-electron chi connectivity index (χ0n) is 16.3. The Bertz CT molecular complexity index is 1120. The van der Waals surface area contributed by atoms with Crippen molar-refractivity contribution in [2.24, 2.45) is 0 Å². The maximum absolute atomic E-state index is 13.5. The van der Waals surface area contributed by atoms with Crippen molar-refractivity contribution in [1.82, 2.24) is 24.8 Å². The first-order valence-electron chi connectivity index (χ1n) is 9.82. The lowest BCUT2D eigenvalue weighted by Crippen LogP contribution is -2.56. The minimum absolute atomic E-state index is 0.0177. The summed E-state index contributed by atoms with van der Waals surface area (Å²) in [6.45, 7) is 0. The normalized spacial score (nSPS) is 26.1. The first kappa shape index (κ1) is 19.3. The molecule has 4 heterocycles. The van der Waals surface area contributed by atoms with Crippen molar-refractivity contribution in [3.05, 3.63) is 41.6 Å². The lowest BCUT2D eigenvalue weighted by atomic mass is 9.95. The molecule has 2 saturated heterocycles. The number of benzene rings is 1. The van der Waals surface area contributed by atoms with Crippen LogP contribution in [0.3, 0.4) is 0 Å². The largest absolute Gasteiger partial charge is 0.393 e. The summed E-state index contributed by atoms with van der Waals surface area (Å²) >= 11 is 5.88. The standard InChI is InChI=1S/C20H21ClFN7O/c1-29-12-4-5-20(29,8-13(30)7-12)28-19-23-9-16-17(27-19)18(25-10-24-16)26-11-2-3-15(22)14(21)6-11/h2-3,6,9-10,12-13,30H,4-5,7-8H2,1H3,(H,23,27,28)(H,24,25,26). The maximum Gasteiger partial charge on any atom is 0.224 e. The molecule has 2 aliphatic heterocycles. The van der Waals surface area contributed by atoms with Gasteiger partial charge in [0.05, 0.1) is 23.0 Å². The fraction of sp³-hybridized carbons (Fsp3) is 0.400. The molecule has 3 N–H and O–H groups in total. The predicted molar refractivity (Wildman–Crippen MR) is 112 cm³/mol. The molecule has 10 heteroatoms. The van der Waals surface area contributed by atoms with Crippen molar-refractivity contribution in [1.29, 1.82) is 0 Å². The molecular formula is C20H21ClFN7O. The number of halogens is 2. The van der Waals surface area contributed by atoms with E-state index in [9.17, 15) is 9.50 Å². The molecule has 0 radical (unpaired) electrons. The van der Waals surface area contributed by atoms with Crippen molar-refractivity contribution in [3.8, 4) is 0 Å². The Kier molecular flexibility index (Phi) is 4.68. The van der Waals surface area contributed by atoms with Gasteiger partial charge in [-0.3, -0.25) is 4.90 Å². The van der Waals surface area contributed by atoms with Crippen molar-refractivity contribution in [3.63, 3.8) is 0 Å². The fourth-order valence-electron chi connectivity index (χ4n) is 4.56. The second kappa shape index (κ2) is 7.26. The van der Waals surface area contributed by atoms with Crippen LogP contribution in [-0.4, -0.2) is 54.8 Å². The number of nitrogens with one attached hydrogen (secondary N) is 2. The summed E-state index contributed by atoms with van der Waals surface area (Å²) in [6.07, 6.45) is 6.05. The molecule has 30 heavy (non-hydrogen) atoms. The minimum Gasteiger partial charge on any atom is -0.393 e. The molecule has 8 nitrogen and oxygen atoms in total. The van der Waals surface area contributed by atoms with Crippen LogP contribution in [0.2, 0.25) is 5.02 Å². The number of piperidine rings is 1. The highest BCUT2D eigenvalue weighted by Gasteiger charge is 2.50. The first-order valence-corrected chi connectivity index (χ1v) is 10.2. The predicted octanol–water partition coefficient (Wildman–Crippen LogP) is 3.31. The summed E-state index contributed by atoms with van der Waals surface area (Å²) in [5.74, 6) is 0.419. The van der Waals surface area contributed by atoms with E-state index in [1.54, 1.807) is 12.3 Å². The van der Waals surface area contributed by atoms with E-state index in [1.165, 1.54) is 18.5 Å². The molecule has 2 aliphatic rings. The highest BCUT2D eigenvalue weighted by Crippen LogP contribution is 2.43. The topological polar surface area (TPSA) is 99.1 Å². The van der Waals surface area contributed by atoms with E-state index in [2.05, 4.69) is 42.5 Å². The van der Waals surface area contributed by atoms with Crippen LogP contribution in [0.1, 0.15) is 25.7 Å². The van der Waals surface area contributed by atoms with Gasteiger partial charge in [-0.2, -0.15) is 0 Å². The Balaban J connectivity index is 1.48. The summed E-state index contributed by atoms with van der Waals surface area (Å²) in [5.41, 5.74) is 1.32. The highest BCUT2D eigenvalue weighted by molar-refractivity contribution is 6.31. The molecule has 3 atom stereocenters. The molecule has 0 saturated carbocycles. The van der Waals surface area contributed by atoms with Gasteiger partial charge in [-0.05, 0) is 44.5 Å². The third kappa shape index (κ3) is 3.32. The molecule has 3 unspecified atom stereocenters. The molecule has 2 fully saturated rings. The van der Waals surface area contributed by atoms with Crippen molar-refractivity contribution >= 4 is 40.1 Å². The number of rotatable bonds is 4. The number of hydrogen-bond donors (Lipinski definition) is 3. The number of aliphatic hydroxyl groups is 1. The SMILES string of the molecule is CN1C2CCC1(Nc1ncc3ncnc(Nc4ccc(F)c(Cl)c4)c3n1)CC(O)C2. The highest BCUT2D eigenvalue weighted by atomic mass is 35.5. The molecular weight excluding hydrogens is 409 g/mol. The van der Waals surface area contributed by atoms with Gasteiger partial charge in [-0.1, -0.05) is 11.6 Å². The minimum atomic E-state index is -0.489. The fourth-order valence-corrected chi connectivity index (χ4v) is 4.74. The van der Waals surface area contributed by atoms with Gasteiger partial charge < -0.3 is 15.7 Å². The average Bonchev–Trinajstić information content (AvgIpc) is 2.90. The molecule has 0 aliphatic carbocycles. The van der Waals surface area contributed by atoms with E-state index in [4.69, 9.17) is 11.6 Å². The summed E-state index contributed by atoms with van der Waals surface area (Å²) in [4.78, 5) is 19.9. The van der Waals surface area contributed by atoms with E-state index in [0.29, 0.717) is 40.9 Å². The number of fused-ring (bicyclic) bond motifs is 3. The number of nitrogens with zero attached hydrogens (tertiary/aromatic N) is 5. The van der Waals surface area contributed by atoms with E-state index >= 15 is 0 Å². The van der Waals surface area contributed by atoms with Gasteiger partial charge in [0, 0.05) is 18.2 Å². The van der Waals surface area contributed by atoms with E-state index in [0.717, 1.165) is 19.3 Å². The van der Waals surface area contributed by atoms with Crippen molar-refractivity contribution in [2.75, 3.05) is 17.7 Å². The Morgan fingerprint density at radius 3 is 3.00 bits per heavy atom. The van der Waals surface area contributed by atoms with Crippen LogP contribution in [0.25, 0.3) is 11.0 Å². The van der Waals surface area contributed by atoms with Crippen molar-refractivity contribution in [2.45, 2.75) is 43.5 Å². The second-order valence-corrected chi connectivity index (χ2v) is 8.36. The zero-order chi connectivity index (χ0) is 20.9. The summed E-state index contributed by atoms with van der Waals surface area (Å²) in [6, 6.07) is 4.70. The molecule has 0 spiro atoms. The lowest BCUT2D eigenvalue weighted by molar-refractivity contribution is 0.00983. The van der Waals surface area contributed by atoms with Gasteiger partial charge in [-0.25, -0.2) is 24.3 Å². The lowest BCUT2D eigenvalue weighted by Gasteiger charge is -2.44. The Labute approximate surface area is 177 Å². The quantitative estimate of drug-likeness (QED) is 0.581. The third-order valence-electron chi connectivity index (χ3n) is 6.14. The third-order valence-corrected chi connectivity index (χ3v) is 6.43. The number of aromatic nitrogens is 4. The molecule has 156 valence electrons.